The van der Waals surface area contributed by atoms with E-state index in [-0.39, 0.29) is 12.1 Å². The molecule has 0 aliphatic heterocycles. The third-order valence-electron chi connectivity index (χ3n) is 2.63. The molecule has 0 spiro atoms. The Kier molecular flexibility index (Phi) is 4.93. The van der Waals surface area contributed by atoms with E-state index >= 15 is 0 Å². The van der Waals surface area contributed by atoms with Crippen molar-refractivity contribution >= 4 is 40.1 Å². The first-order valence-corrected chi connectivity index (χ1v) is 7.10. The molecule has 0 heterocycles. The molecule has 0 aliphatic carbocycles. The topological polar surface area (TPSA) is 29.1 Å². The zero-order valence-corrected chi connectivity index (χ0v) is 13.0. The van der Waals surface area contributed by atoms with Crippen LogP contribution in [0.2, 0.25) is 5.02 Å². The molecular weight excluding hydrogens is 399 g/mol. The minimum atomic E-state index is -0.563. The highest BCUT2D eigenvalue weighted by molar-refractivity contribution is 14.1. The van der Waals surface area contributed by atoms with E-state index in [1.54, 1.807) is 12.1 Å². The van der Waals surface area contributed by atoms with Crippen molar-refractivity contribution in [2.75, 3.05) is 0 Å². The second-order valence-corrected chi connectivity index (χ2v) is 5.62. The molecule has 2 aromatic carbocycles. The third-order valence-corrected chi connectivity index (χ3v) is 4.20. The summed E-state index contributed by atoms with van der Waals surface area (Å²) in [5.74, 6) is -1.51. The second-order valence-electron chi connectivity index (χ2n) is 4.05. The summed E-state index contributed by atoms with van der Waals surface area (Å²) < 4.78 is 27.2. The number of carbonyl (C=O) groups is 1. The highest BCUT2D eigenvalue weighted by Gasteiger charge is 2.09. The summed E-state index contributed by atoms with van der Waals surface area (Å²) in [5, 5.41) is 2.99. The Hall–Kier alpha value is -1.21. The molecule has 0 atom stereocenters. The van der Waals surface area contributed by atoms with Gasteiger partial charge >= 0.3 is 0 Å². The lowest BCUT2D eigenvalue weighted by Gasteiger charge is -2.07. The van der Waals surface area contributed by atoms with Gasteiger partial charge in [0, 0.05) is 21.2 Å². The summed E-state index contributed by atoms with van der Waals surface area (Å²) >= 11 is 7.97. The fourth-order valence-electron chi connectivity index (χ4n) is 1.59. The number of halogens is 4. The van der Waals surface area contributed by atoms with Crippen LogP contribution in [0.4, 0.5) is 8.78 Å². The van der Waals surface area contributed by atoms with E-state index in [0.29, 0.717) is 10.6 Å². The summed E-state index contributed by atoms with van der Waals surface area (Å²) in [4.78, 5) is 11.9. The predicted molar refractivity (Wildman–Crippen MR) is 81.7 cm³/mol. The van der Waals surface area contributed by atoms with Gasteiger partial charge in [-0.3, -0.25) is 4.79 Å². The van der Waals surface area contributed by atoms with Crippen LogP contribution in [0.25, 0.3) is 0 Å². The first-order chi connectivity index (χ1) is 9.47. The molecule has 0 aliphatic rings. The largest absolute Gasteiger partial charge is 0.348 e. The zero-order chi connectivity index (χ0) is 14.7. The number of carbonyl (C=O) groups excluding carboxylic acids is 1. The van der Waals surface area contributed by atoms with Gasteiger partial charge in [-0.25, -0.2) is 8.78 Å². The van der Waals surface area contributed by atoms with Gasteiger partial charge in [-0.15, -0.1) is 0 Å². The quantitative estimate of drug-likeness (QED) is 0.761. The lowest BCUT2D eigenvalue weighted by atomic mass is 10.2. The Bertz CT molecular complexity index is 664. The van der Waals surface area contributed by atoms with Crippen LogP contribution in [0.3, 0.4) is 0 Å². The van der Waals surface area contributed by atoms with Crippen LogP contribution in [0.5, 0.6) is 0 Å². The van der Waals surface area contributed by atoms with Crippen molar-refractivity contribution in [3.63, 3.8) is 0 Å². The molecule has 0 saturated carbocycles. The SMILES string of the molecule is O=C(NCc1cc(F)ccc1F)c1ccc(I)c(Cl)c1. The summed E-state index contributed by atoms with van der Waals surface area (Å²) in [5.41, 5.74) is 0.460. The molecule has 0 aromatic heterocycles. The average molecular weight is 408 g/mol. The molecule has 0 unspecified atom stereocenters. The summed E-state index contributed by atoms with van der Waals surface area (Å²) in [6, 6.07) is 7.96. The Morgan fingerprint density at radius 2 is 1.95 bits per heavy atom. The Morgan fingerprint density at radius 1 is 1.20 bits per heavy atom. The first-order valence-electron chi connectivity index (χ1n) is 5.64. The number of hydrogen-bond acceptors (Lipinski definition) is 1. The molecule has 1 amide bonds. The first kappa shape index (κ1) is 15.2. The maximum Gasteiger partial charge on any atom is 0.251 e. The summed E-state index contributed by atoms with van der Waals surface area (Å²) in [6.45, 7) is -0.0912. The lowest BCUT2D eigenvalue weighted by molar-refractivity contribution is 0.0950. The Labute approximate surface area is 133 Å². The van der Waals surface area contributed by atoms with Crippen molar-refractivity contribution in [2.24, 2.45) is 0 Å². The van der Waals surface area contributed by atoms with E-state index in [1.807, 2.05) is 22.6 Å². The number of rotatable bonds is 3. The fraction of sp³-hybridized carbons (Fsp3) is 0.0714. The Balaban J connectivity index is 2.08. The lowest BCUT2D eigenvalue weighted by Crippen LogP contribution is -2.23. The maximum absolute atomic E-state index is 13.4. The van der Waals surface area contributed by atoms with Crippen molar-refractivity contribution < 1.29 is 13.6 Å². The molecule has 0 bridgehead atoms. The molecule has 2 nitrogen and oxygen atoms in total. The molecule has 104 valence electrons. The minimum absolute atomic E-state index is 0.0912. The van der Waals surface area contributed by atoms with Crippen molar-refractivity contribution in [3.8, 4) is 0 Å². The van der Waals surface area contributed by atoms with Gasteiger partial charge in [0.1, 0.15) is 11.6 Å². The molecule has 0 fully saturated rings. The molecule has 1 N–H and O–H groups in total. The van der Waals surface area contributed by atoms with Gasteiger partial charge < -0.3 is 5.32 Å². The van der Waals surface area contributed by atoms with Crippen molar-refractivity contribution in [1.82, 2.24) is 5.32 Å². The van der Waals surface area contributed by atoms with E-state index in [2.05, 4.69) is 5.32 Å². The second kappa shape index (κ2) is 6.49. The van der Waals surface area contributed by atoms with E-state index < -0.39 is 17.5 Å². The van der Waals surface area contributed by atoms with Crippen LogP contribution >= 0.6 is 34.2 Å². The number of benzene rings is 2. The highest BCUT2D eigenvalue weighted by atomic mass is 127. The van der Waals surface area contributed by atoms with Gasteiger partial charge in [-0.1, -0.05) is 11.6 Å². The molecular formula is C14H9ClF2INO. The van der Waals surface area contributed by atoms with Crippen LogP contribution in [-0.4, -0.2) is 5.91 Å². The molecule has 0 radical (unpaired) electrons. The van der Waals surface area contributed by atoms with Gasteiger partial charge in [0.25, 0.3) is 5.91 Å². The number of hydrogen-bond donors (Lipinski definition) is 1. The van der Waals surface area contributed by atoms with Gasteiger partial charge in [0.2, 0.25) is 0 Å². The van der Waals surface area contributed by atoms with Crippen LogP contribution in [0.15, 0.2) is 36.4 Å². The van der Waals surface area contributed by atoms with Crippen molar-refractivity contribution in [2.45, 2.75) is 6.54 Å². The molecule has 20 heavy (non-hydrogen) atoms. The highest BCUT2D eigenvalue weighted by Crippen LogP contribution is 2.19. The summed E-state index contributed by atoms with van der Waals surface area (Å²) in [6.07, 6.45) is 0. The Morgan fingerprint density at radius 3 is 2.65 bits per heavy atom. The minimum Gasteiger partial charge on any atom is -0.348 e. The van der Waals surface area contributed by atoms with Gasteiger partial charge in [0.05, 0.1) is 5.02 Å². The van der Waals surface area contributed by atoms with Gasteiger partial charge in [0.15, 0.2) is 0 Å². The standard InChI is InChI=1S/C14H9ClF2INO/c15-11-6-8(1-4-13(11)18)14(20)19-7-9-5-10(16)2-3-12(9)17/h1-6H,7H2,(H,19,20). The average Bonchev–Trinajstić information content (AvgIpc) is 2.42. The third kappa shape index (κ3) is 3.67. The van der Waals surface area contributed by atoms with Gasteiger partial charge in [-0.05, 0) is 59.0 Å². The fourth-order valence-corrected chi connectivity index (χ4v) is 2.11. The van der Waals surface area contributed by atoms with Crippen LogP contribution in [-0.2, 0) is 6.54 Å². The summed E-state index contributed by atoms with van der Waals surface area (Å²) in [7, 11) is 0. The predicted octanol–water partition coefficient (Wildman–Crippen LogP) is 4.15. The monoisotopic (exact) mass is 407 g/mol. The normalized spacial score (nSPS) is 10.4. The van der Waals surface area contributed by atoms with E-state index in [4.69, 9.17) is 11.6 Å². The maximum atomic E-state index is 13.4. The van der Waals surface area contributed by atoms with Gasteiger partial charge in [-0.2, -0.15) is 0 Å². The molecule has 0 saturated heterocycles. The van der Waals surface area contributed by atoms with E-state index in [9.17, 15) is 13.6 Å². The van der Waals surface area contributed by atoms with E-state index in [1.165, 1.54) is 6.07 Å². The van der Waals surface area contributed by atoms with E-state index in [0.717, 1.165) is 21.8 Å². The van der Waals surface area contributed by atoms with Crippen LogP contribution in [0, 0.1) is 15.2 Å². The van der Waals surface area contributed by atoms with Crippen LogP contribution in [0.1, 0.15) is 15.9 Å². The molecule has 2 rings (SSSR count). The molecule has 6 heteroatoms. The van der Waals surface area contributed by atoms with Crippen molar-refractivity contribution in [1.29, 1.82) is 0 Å². The number of nitrogens with one attached hydrogen (secondary N) is 1. The van der Waals surface area contributed by atoms with Crippen molar-refractivity contribution in [3.05, 3.63) is 67.8 Å². The number of amides is 1. The zero-order valence-electron chi connectivity index (χ0n) is 10.1. The van der Waals surface area contributed by atoms with Crippen LogP contribution < -0.4 is 5.32 Å². The smallest absolute Gasteiger partial charge is 0.251 e. The molecule has 2 aromatic rings.